The van der Waals surface area contributed by atoms with Gasteiger partial charge in [0, 0.05) is 0 Å². The van der Waals surface area contributed by atoms with Crippen LogP contribution in [0.25, 0.3) is 0 Å². The molecule has 0 radical (unpaired) electrons. The number of hydrogen-bond donors (Lipinski definition) is 0. The molecule has 0 saturated heterocycles. The van der Waals surface area contributed by atoms with E-state index in [1.165, 1.54) is 5.20 Å². The fourth-order valence-corrected chi connectivity index (χ4v) is 4.28. The van der Waals surface area contributed by atoms with E-state index >= 15 is 0 Å². The van der Waals surface area contributed by atoms with E-state index in [4.69, 9.17) is 10.8 Å². The molecule has 0 aromatic carbocycles. The minimum atomic E-state index is -1.58. The van der Waals surface area contributed by atoms with Crippen molar-refractivity contribution < 1.29 is 4.43 Å². The van der Waals surface area contributed by atoms with Crippen molar-refractivity contribution in [2.24, 2.45) is 0 Å². The summed E-state index contributed by atoms with van der Waals surface area (Å²) < 4.78 is 5.98. The van der Waals surface area contributed by atoms with Gasteiger partial charge in [-0.05, 0) is 37.2 Å². The summed E-state index contributed by atoms with van der Waals surface area (Å²) in [4.78, 5) is 0. The Balaban J connectivity index is 5.22. The monoisotopic (exact) mass is 240 g/mol. The summed E-state index contributed by atoms with van der Waals surface area (Å²) >= 11 is 0. The molecule has 0 bridgehead atoms. The Morgan fingerprint density at radius 2 is 1.60 bits per heavy atom. The molecule has 86 valence electrons. The van der Waals surface area contributed by atoms with Gasteiger partial charge in [-0.2, -0.15) is 0 Å². The van der Waals surface area contributed by atoms with Gasteiger partial charge in [0.25, 0.3) is 0 Å². The molecular weight excluding hydrogens is 216 g/mol. The third kappa shape index (κ3) is 5.24. The first-order valence-corrected chi connectivity index (χ1v) is 12.4. The van der Waals surface area contributed by atoms with Gasteiger partial charge in [-0.25, -0.2) is 0 Å². The van der Waals surface area contributed by atoms with Gasteiger partial charge in [0.1, 0.15) is 0 Å². The van der Waals surface area contributed by atoms with Crippen molar-refractivity contribution in [1.29, 1.82) is 0 Å². The third-order valence-electron chi connectivity index (χ3n) is 2.07. The average molecular weight is 240 g/mol. The van der Waals surface area contributed by atoms with Crippen LogP contribution in [0.1, 0.15) is 13.3 Å². The molecule has 3 heteroatoms. The van der Waals surface area contributed by atoms with Crippen molar-refractivity contribution in [2.45, 2.75) is 52.6 Å². The topological polar surface area (TPSA) is 9.23 Å². The summed E-state index contributed by atoms with van der Waals surface area (Å²) in [6.45, 7) is 15.6. The van der Waals surface area contributed by atoms with E-state index in [9.17, 15) is 0 Å². The second kappa shape index (κ2) is 5.04. The van der Waals surface area contributed by atoms with Crippen molar-refractivity contribution in [3.8, 4) is 12.3 Å². The quantitative estimate of drug-likeness (QED) is 0.410. The van der Waals surface area contributed by atoms with Gasteiger partial charge in [-0.3, -0.25) is 0 Å². The van der Waals surface area contributed by atoms with Crippen LogP contribution in [0.3, 0.4) is 0 Å². The van der Waals surface area contributed by atoms with Gasteiger partial charge in [0.15, 0.2) is 5.76 Å². The summed E-state index contributed by atoms with van der Waals surface area (Å²) in [5.41, 5.74) is 0. The number of hydrogen-bond acceptors (Lipinski definition) is 1. The van der Waals surface area contributed by atoms with Crippen LogP contribution < -0.4 is 0 Å². The molecule has 0 saturated carbocycles. The molecule has 15 heavy (non-hydrogen) atoms. The van der Waals surface area contributed by atoms with Gasteiger partial charge in [0.05, 0.1) is 8.07 Å². The maximum Gasteiger partial charge on any atom is 0.243 e. The molecule has 0 rings (SSSR count). The first-order valence-electron chi connectivity index (χ1n) is 5.51. The van der Waals surface area contributed by atoms with Crippen molar-refractivity contribution in [3.05, 3.63) is 11.0 Å². The molecule has 0 fully saturated rings. The lowest BCUT2D eigenvalue weighted by molar-refractivity contribution is 0.442. The zero-order chi connectivity index (χ0) is 12.3. The van der Waals surface area contributed by atoms with Crippen LogP contribution in [0.4, 0.5) is 0 Å². The van der Waals surface area contributed by atoms with E-state index in [0.717, 1.165) is 12.2 Å². The summed E-state index contributed by atoms with van der Waals surface area (Å²) in [6.07, 6.45) is 6.58. The summed E-state index contributed by atoms with van der Waals surface area (Å²) in [7, 11) is -2.91. The van der Waals surface area contributed by atoms with Gasteiger partial charge in [-0.15, -0.1) is 6.42 Å². The molecule has 0 spiro atoms. The minimum absolute atomic E-state index is 0.829. The number of rotatable bonds is 4. The summed E-state index contributed by atoms with van der Waals surface area (Å²) in [5, 5.41) is 1.38. The van der Waals surface area contributed by atoms with Crippen LogP contribution >= 0.6 is 0 Å². The predicted molar refractivity (Wildman–Crippen MR) is 73.9 cm³/mol. The predicted octanol–water partition coefficient (Wildman–Crippen LogP) is 4.01. The van der Waals surface area contributed by atoms with E-state index in [1.54, 1.807) is 0 Å². The molecule has 0 aliphatic rings. The highest BCUT2D eigenvalue weighted by Crippen LogP contribution is 2.24. The molecule has 0 unspecified atom stereocenters. The van der Waals surface area contributed by atoms with Gasteiger partial charge < -0.3 is 4.43 Å². The largest absolute Gasteiger partial charge is 0.539 e. The van der Waals surface area contributed by atoms with Crippen molar-refractivity contribution in [3.63, 3.8) is 0 Å². The Kier molecular flexibility index (Phi) is 4.89. The first kappa shape index (κ1) is 14.5. The smallest absolute Gasteiger partial charge is 0.243 e. The Hall–Kier alpha value is -0.466. The standard InChI is InChI=1S/C12H24OSi2/c1-9-11(13-15(6,7)8)12(10-2)14(3,4)5/h1H,10H2,2-8H3/b12-11-. The lowest BCUT2D eigenvalue weighted by atomic mass is 10.4. The molecule has 0 N–H and O–H groups in total. The minimum Gasteiger partial charge on any atom is -0.539 e. The fraction of sp³-hybridized carbons (Fsp3) is 0.667. The van der Waals surface area contributed by atoms with Crippen LogP contribution in [-0.4, -0.2) is 16.4 Å². The van der Waals surface area contributed by atoms with Crippen molar-refractivity contribution in [2.75, 3.05) is 0 Å². The fourth-order valence-electron chi connectivity index (χ4n) is 1.52. The Morgan fingerprint density at radius 3 is 1.80 bits per heavy atom. The first-order chi connectivity index (χ1) is 6.61. The van der Waals surface area contributed by atoms with E-state index in [2.05, 4.69) is 52.1 Å². The number of allylic oxidation sites excluding steroid dienone is 2. The van der Waals surface area contributed by atoms with Crippen LogP contribution in [0.5, 0.6) is 0 Å². The van der Waals surface area contributed by atoms with Gasteiger partial charge in [-0.1, -0.05) is 26.6 Å². The molecule has 0 aromatic heterocycles. The third-order valence-corrected chi connectivity index (χ3v) is 5.28. The van der Waals surface area contributed by atoms with E-state index in [1.807, 2.05) is 0 Å². The highest BCUT2D eigenvalue weighted by molar-refractivity contribution is 6.83. The zero-order valence-corrected chi connectivity index (χ0v) is 13.2. The van der Waals surface area contributed by atoms with E-state index in [-0.39, 0.29) is 0 Å². The van der Waals surface area contributed by atoms with Crippen LogP contribution in [0.15, 0.2) is 11.0 Å². The lowest BCUT2D eigenvalue weighted by Crippen LogP contribution is -2.30. The maximum absolute atomic E-state index is 5.98. The Labute approximate surface area is 97.1 Å². The van der Waals surface area contributed by atoms with Crippen LogP contribution in [0, 0.1) is 12.3 Å². The molecule has 0 amide bonds. The SMILES string of the molecule is C#C/C(O[Si](C)(C)C)=C(\CC)[Si](C)(C)C. The maximum atomic E-state index is 5.98. The summed E-state index contributed by atoms with van der Waals surface area (Å²) in [5.74, 6) is 3.57. The molecule has 0 atom stereocenters. The summed E-state index contributed by atoms with van der Waals surface area (Å²) in [6, 6.07) is 0. The Morgan fingerprint density at radius 1 is 1.13 bits per heavy atom. The normalized spacial score (nSPS) is 14.3. The molecule has 0 aliphatic heterocycles. The van der Waals surface area contributed by atoms with Crippen LogP contribution in [0.2, 0.25) is 39.3 Å². The Bertz CT molecular complexity index is 284. The molecule has 0 heterocycles. The average Bonchev–Trinajstić information content (AvgIpc) is 1.98. The van der Waals surface area contributed by atoms with Gasteiger partial charge >= 0.3 is 0 Å². The second-order valence-electron chi connectivity index (χ2n) is 5.77. The molecule has 0 aliphatic carbocycles. The molecular formula is C12H24OSi2. The zero-order valence-electron chi connectivity index (χ0n) is 11.2. The van der Waals surface area contributed by atoms with Crippen molar-refractivity contribution >= 4 is 16.4 Å². The van der Waals surface area contributed by atoms with Gasteiger partial charge in [0.2, 0.25) is 8.32 Å². The highest BCUT2D eigenvalue weighted by Gasteiger charge is 2.25. The van der Waals surface area contributed by atoms with Crippen molar-refractivity contribution in [1.82, 2.24) is 0 Å². The van der Waals surface area contributed by atoms with E-state index < -0.39 is 16.4 Å². The lowest BCUT2D eigenvalue weighted by Gasteiger charge is -2.26. The van der Waals surface area contributed by atoms with E-state index in [0.29, 0.717) is 0 Å². The second-order valence-corrected chi connectivity index (χ2v) is 15.3. The highest BCUT2D eigenvalue weighted by atomic mass is 28.4. The number of terminal acetylenes is 1. The molecule has 0 aromatic rings. The molecule has 1 nitrogen and oxygen atoms in total. The van der Waals surface area contributed by atoms with Crippen LogP contribution in [-0.2, 0) is 4.43 Å².